The van der Waals surface area contributed by atoms with Crippen LogP contribution in [0.15, 0.2) is 24.3 Å². The zero-order chi connectivity index (χ0) is 21.8. The van der Waals surface area contributed by atoms with E-state index >= 15 is 0 Å². The van der Waals surface area contributed by atoms with Crippen molar-refractivity contribution < 1.29 is 31.5 Å². The van der Waals surface area contributed by atoms with E-state index in [1.165, 1.54) is 19.3 Å². The predicted molar refractivity (Wildman–Crippen MR) is 102 cm³/mol. The molecule has 0 aliphatic heterocycles. The SMILES string of the molecule is CCC1CCC(CCc2cc(F)c(C(=O)Oc3cc(F)c(F)c(F)c3)c(F)c2)CC1. The Morgan fingerprint density at radius 1 is 0.867 bits per heavy atom. The molecule has 0 bridgehead atoms. The van der Waals surface area contributed by atoms with Gasteiger partial charge in [0.1, 0.15) is 22.9 Å². The van der Waals surface area contributed by atoms with Crippen molar-refractivity contribution in [1.29, 1.82) is 0 Å². The van der Waals surface area contributed by atoms with E-state index in [0.717, 1.165) is 37.3 Å². The number of carbonyl (C=O) groups excluding carboxylic acids is 1. The number of rotatable bonds is 6. The largest absolute Gasteiger partial charge is 0.423 e. The summed E-state index contributed by atoms with van der Waals surface area (Å²) in [5.74, 6) is -8.00. The predicted octanol–water partition coefficient (Wildman–Crippen LogP) is 6.75. The van der Waals surface area contributed by atoms with Crippen molar-refractivity contribution in [2.45, 2.75) is 51.9 Å². The van der Waals surface area contributed by atoms with Crippen LogP contribution in [-0.4, -0.2) is 5.97 Å². The highest BCUT2D eigenvalue weighted by Crippen LogP contribution is 2.33. The molecule has 0 N–H and O–H groups in total. The standard InChI is InChI=1S/C23H23F5O2/c1-2-13-3-5-14(6-4-13)7-8-15-9-17(24)21(18(25)10-15)23(29)30-16-11-19(26)22(28)20(27)12-16/h9-14H,2-8H2,1H3. The van der Waals surface area contributed by atoms with Crippen molar-refractivity contribution in [2.24, 2.45) is 11.8 Å². The first-order valence-corrected chi connectivity index (χ1v) is 10.1. The van der Waals surface area contributed by atoms with E-state index in [1.54, 1.807) is 0 Å². The summed E-state index contributed by atoms with van der Waals surface area (Å²) in [4.78, 5) is 12.1. The number of hydrogen-bond acceptors (Lipinski definition) is 2. The van der Waals surface area contributed by atoms with Gasteiger partial charge in [0.2, 0.25) is 0 Å². The molecule has 162 valence electrons. The summed E-state index contributed by atoms with van der Waals surface area (Å²) in [7, 11) is 0. The molecule has 2 aromatic rings. The van der Waals surface area contributed by atoms with Gasteiger partial charge in [-0.25, -0.2) is 26.7 Å². The number of hydrogen-bond donors (Lipinski definition) is 0. The fourth-order valence-corrected chi connectivity index (χ4v) is 4.01. The number of esters is 1. The normalized spacial score (nSPS) is 19.0. The summed E-state index contributed by atoms with van der Waals surface area (Å²) in [5.41, 5.74) is -0.537. The minimum absolute atomic E-state index is 0.424. The second-order valence-corrected chi connectivity index (χ2v) is 7.86. The minimum Gasteiger partial charge on any atom is -0.423 e. The number of benzene rings is 2. The monoisotopic (exact) mass is 426 g/mol. The lowest BCUT2D eigenvalue weighted by Gasteiger charge is -2.27. The van der Waals surface area contributed by atoms with Crippen LogP contribution in [0.3, 0.4) is 0 Å². The first kappa shape index (κ1) is 22.2. The van der Waals surface area contributed by atoms with Gasteiger partial charge in [-0.1, -0.05) is 39.0 Å². The van der Waals surface area contributed by atoms with Gasteiger partial charge in [0.15, 0.2) is 17.5 Å². The lowest BCUT2D eigenvalue weighted by atomic mass is 9.78. The first-order valence-electron chi connectivity index (χ1n) is 10.1. The molecule has 0 radical (unpaired) electrons. The summed E-state index contributed by atoms with van der Waals surface area (Å²) in [5, 5.41) is 0. The van der Waals surface area contributed by atoms with E-state index in [2.05, 4.69) is 11.7 Å². The summed E-state index contributed by atoms with van der Waals surface area (Å²) in [6, 6.07) is 2.99. The number of ether oxygens (including phenoxy) is 1. The Hall–Kier alpha value is -2.44. The average molecular weight is 426 g/mol. The Balaban J connectivity index is 1.66. The third kappa shape index (κ3) is 5.18. The highest BCUT2D eigenvalue weighted by molar-refractivity contribution is 5.91. The Labute approximate surface area is 172 Å². The highest BCUT2D eigenvalue weighted by Gasteiger charge is 2.24. The second-order valence-electron chi connectivity index (χ2n) is 7.86. The van der Waals surface area contributed by atoms with Crippen LogP contribution in [0, 0.1) is 40.9 Å². The summed E-state index contributed by atoms with van der Waals surface area (Å²) in [6.07, 6.45) is 7.06. The van der Waals surface area contributed by atoms with Crippen LogP contribution in [0.1, 0.15) is 61.4 Å². The zero-order valence-corrected chi connectivity index (χ0v) is 16.6. The van der Waals surface area contributed by atoms with Gasteiger partial charge in [-0.2, -0.15) is 0 Å². The number of aryl methyl sites for hydroxylation is 1. The van der Waals surface area contributed by atoms with Gasteiger partial charge in [-0.3, -0.25) is 0 Å². The second kappa shape index (κ2) is 9.58. The highest BCUT2D eigenvalue weighted by atomic mass is 19.2. The quantitative estimate of drug-likeness (QED) is 0.221. The molecule has 0 saturated heterocycles. The Morgan fingerprint density at radius 2 is 1.40 bits per heavy atom. The van der Waals surface area contributed by atoms with Crippen LogP contribution in [0.4, 0.5) is 22.0 Å². The molecule has 0 unspecified atom stereocenters. The topological polar surface area (TPSA) is 26.3 Å². The fourth-order valence-electron chi connectivity index (χ4n) is 4.01. The maximum Gasteiger partial charge on any atom is 0.349 e. The third-order valence-electron chi connectivity index (χ3n) is 5.86. The zero-order valence-electron chi connectivity index (χ0n) is 16.6. The maximum absolute atomic E-state index is 14.4. The fraction of sp³-hybridized carbons (Fsp3) is 0.435. The molecule has 7 heteroatoms. The van der Waals surface area contributed by atoms with Crippen molar-refractivity contribution in [1.82, 2.24) is 0 Å². The van der Waals surface area contributed by atoms with Gasteiger partial charge in [0.05, 0.1) is 0 Å². The lowest BCUT2D eigenvalue weighted by molar-refractivity contribution is 0.0723. The molecule has 1 aliphatic carbocycles. The molecule has 0 amide bonds. The molecule has 3 rings (SSSR count). The molecule has 0 aromatic heterocycles. The van der Waals surface area contributed by atoms with Crippen LogP contribution >= 0.6 is 0 Å². The van der Waals surface area contributed by atoms with Gasteiger partial charge in [0.25, 0.3) is 0 Å². The van der Waals surface area contributed by atoms with Crippen LogP contribution in [0.2, 0.25) is 0 Å². The lowest BCUT2D eigenvalue weighted by Crippen LogP contribution is -2.16. The maximum atomic E-state index is 14.4. The van der Waals surface area contributed by atoms with E-state index < -0.39 is 46.4 Å². The summed E-state index contributed by atoms with van der Waals surface area (Å²) >= 11 is 0. The third-order valence-corrected chi connectivity index (χ3v) is 5.86. The molecule has 0 heterocycles. The van der Waals surface area contributed by atoms with Crippen LogP contribution < -0.4 is 4.74 Å². The summed E-state index contributed by atoms with van der Waals surface area (Å²) < 4.78 is 72.9. The van der Waals surface area contributed by atoms with Crippen molar-refractivity contribution in [3.8, 4) is 5.75 Å². The van der Waals surface area contributed by atoms with Crippen molar-refractivity contribution in [3.63, 3.8) is 0 Å². The van der Waals surface area contributed by atoms with Gasteiger partial charge in [-0.05, 0) is 42.4 Å². The van der Waals surface area contributed by atoms with Crippen molar-refractivity contribution >= 4 is 5.97 Å². The smallest absolute Gasteiger partial charge is 0.349 e. The van der Waals surface area contributed by atoms with Gasteiger partial charge >= 0.3 is 5.97 Å². The van der Waals surface area contributed by atoms with Crippen molar-refractivity contribution in [3.05, 3.63) is 64.5 Å². The van der Waals surface area contributed by atoms with Gasteiger partial charge in [0, 0.05) is 12.1 Å². The molecular weight excluding hydrogens is 403 g/mol. The first-order chi connectivity index (χ1) is 14.3. The van der Waals surface area contributed by atoms with Crippen LogP contribution in [0.25, 0.3) is 0 Å². The molecule has 1 aliphatic rings. The molecule has 1 saturated carbocycles. The van der Waals surface area contributed by atoms with E-state index in [4.69, 9.17) is 0 Å². The van der Waals surface area contributed by atoms with E-state index in [-0.39, 0.29) is 0 Å². The number of halogens is 5. The van der Waals surface area contributed by atoms with Crippen molar-refractivity contribution in [2.75, 3.05) is 0 Å². The van der Waals surface area contributed by atoms with Gasteiger partial charge < -0.3 is 4.74 Å². The van der Waals surface area contributed by atoms with Gasteiger partial charge in [-0.15, -0.1) is 0 Å². The summed E-state index contributed by atoms with van der Waals surface area (Å²) in [6.45, 7) is 2.19. The molecule has 2 aromatic carbocycles. The molecular formula is C23H23F5O2. The van der Waals surface area contributed by atoms with E-state index in [1.807, 2.05) is 0 Å². The Morgan fingerprint density at radius 3 is 1.93 bits per heavy atom. The van der Waals surface area contributed by atoms with E-state index in [9.17, 15) is 26.7 Å². The molecule has 30 heavy (non-hydrogen) atoms. The average Bonchev–Trinajstić information content (AvgIpc) is 2.70. The molecule has 0 spiro atoms. The molecule has 2 nitrogen and oxygen atoms in total. The minimum atomic E-state index is -1.74. The Kier molecular flexibility index (Phi) is 7.10. The Bertz CT molecular complexity index is 874. The van der Waals surface area contributed by atoms with E-state index in [0.29, 0.717) is 30.0 Å². The van der Waals surface area contributed by atoms with Crippen LogP contribution in [0.5, 0.6) is 5.75 Å². The molecule has 1 fully saturated rings. The molecule has 0 atom stereocenters. The van der Waals surface area contributed by atoms with Crippen LogP contribution in [-0.2, 0) is 6.42 Å². The number of carbonyl (C=O) groups is 1.